The summed E-state index contributed by atoms with van der Waals surface area (Å²) in [6, 6.07) is 12.5. The number of carbonyl (C=O) groups is 1. The van der Waals surface area contributed by atoms with E-state index in [-0.39, 0.29) is 5.91 Å². The molecule has 0 unspecified atom stereocenters. The fraction of sp³-hybridized carbons (Fsp3) is 0.300. The molecule has 0 radical (unpaired) electrons. The molecule has 0 spiro atoms. The standard InChI is InChI=1S/C20H20BrN3O/c1-14-20(21)17-4-2-3-5-18(17)23(14)13-19(25)24(16-6-7-16)12-15-8-10-22-11-9-15/h2-5,8-11,16H,6-7,12-13H2,1H3. The van der Waals surface area contributed by atoms with Crippen molar-refractivity contribution in [3.63, 3.8) is 0 Å². The van der Waals surface area contributed by atoms with Crippen LogP contribution in [0.5, 0.6) is 0 Å². The molecular formula is C20H20BrN3O. The van der Waals surface area contributed by atoms with Crippen LogP contribution < -0.4 is 0 Å². The van der Waals surface area contributed by atoms with Crippen molar-refractivity contribution in [3.8, 4) is 0 Å². The molecule has 0 saturated heterocycles. The highest BCUT2D eigenvalue weighted by molar-refractivity contribution is 9.10. The van der Waals surface area contributed by atoms with E-state index < -0.39 is 0 Å². The number of hydrogen-bond donors (Lipinski definition) is 0. The fourth-order valence-corrected chi connectivity index (χ4v) is 3.86. The summed E-state index contributed by atoms with van der Waals surface area (Å²) in [5, 5.41) is 1.15. The zero-order valence-electron chi connectivity index (χ0n) is 14.2. The molecule has 4 nitrogen and oxygen atoms in total. The Labute approximate surface area is 155 Å². The highest BCUT2D eigenvalue weighted by Gasteiger charge is 2.32. The average molecular weight is 398 g/mol. The summed E-state index contributed by atoms with van der Waals surface area (Å²) in [7, 11) is 0. The molecule has 3 aromatic rings. The molecule has 2 aromatic heterocycles. The van der Waals surface area contributed by atoms with E-state index in [1.165, 1.54) is 0 Å². The van der Waals surface area contributed by atoms with Gasteiger partial charge in [0.25, 0.3) is 0 Å². The first kappa shape index (κ1) is 16.3. The van der Waals surface area contributed by atoms with E-state index in [0.29, 0.717) is 19.1 Å². The van der Waals surface area contributed by atoms with E-state index in [0.717, 1.165) is 39.5 Å². The Balaban J connectivity index is 1.61. The zero-order chi connectivity index (χ0) is 17.4. The SMILES string of the molecule is Cc1c(Br)c2ccccc2n1CC(=O)N(Cc1ccncc1)C1CC1. The van der Waals surface area contributed by atoms with E-state index >= 15 is 0 Å². The molecular weight excluding hydrogens is 378 g/mol. The Morgan fingerprint density at radius 3 is 2.68 bits per heavy atom. The van der Waals surface area contributed by atoms with Gasteiger partial charge in [0, 0.05) is 46.0 Å². The second-order valence-corrected chi connectivity index (χ2v) is 7.40. The third-order valence-corrected chi connectivity index (χ3v) is 5.86. The average Bonchev–Trinajstić information content (AvgIpc) is 3.45. The number of hydrogen-bond acceptors (Lipinski definition) is 2. The first-order chi connectivity index (χ1) is 12.1. The summed E-state index contributed by atoms with van der Waals surface area (Å²) >= 11 is 3.67. The number of aromatic nitrogens is 2. The van der Waals surface area contributed by atoms with Crippen molar-refractivity contribution in [1.82, 2.24) is 14.5 Å². The second-order valence-electron chi connectivity index (χ2n) is 6.61. The molecule has 5 heteroatoms. The molecule has 25 heavy (non-hydrogen) atoms. The number of fused-ring (bicyclic) bond motifs is 1. The molecule has 1 saturated carbocycles. The van der Waals surface area contributed by atoms with Crippen molar-refractivity contribution >= 4 is 32.7 Å². The van der Waals surface area contributed by atoms with Gasteiger partial charge in [0.15, 0.2) is 0 Å². The van der Waals surface area contributed by atoms with E-state index in [9.17, 15) is 4.79 Å². The molecule has 1 aliphatic carbocycles. The van der Waals surface area contributed by atoms with Gasteiger partial charge in [-0.2, -0.15) is 0 Å². The first-order valence-corrected chi connectivity index (χ1v) is 9.36. The van der Waals surface area contributed by atoms with Crippen LogP contribution in [0.2, 0.25) is 0 Å². The Morgan fingerprint density at radius 1 is 1.24 bits per heavy atom. The van der Waals surface area contributed by atoms with Gasteiger partial charge in [-0.25, -0.2) is 0 Å². The van der Waals surface area contributed by atoms with Gasteiger partial charge < -0.3 is 9.47 Å². The van der Waals surface area contributed by atoms with Crippen LogP contribution in [-0.4, -0.2) is 26.4 Å². The maximum Gasteiger partial charge on any atom is 0.243 e. The third-order valence-electron chi connectivity index (χ3n) is 4.86. The summed E-state index contributed by atoms with van der Waals surface area (Å²) in [6.45, 7) is 3.09. The number of pyridine rings is 1. The van der Waals surface area contributed by atoms with Crippen molar-refractivity contribution in [2.45, 2.75) is 38.9 Å². The van der Waals surface area contributed by atoms with Gasteiger partial charge in [-0.05, 0) is 59.5 Å². The highest BCUT2D eigenvalue weighted by Crippen LogP contribution is 2.32. The van der Waals surface area contributed by atoms with E-state index in [2.05, 4.69) is 44.5 Å². The van der Waals surface area contributed by atoms with Crippen LogP contribution in [-0.2, 0) is 17.9 Å². The number of amides is 1. The Hall–Kier alpha value is -2.14. The summed E-state index contributed by atoms with van der Waals surface area (Å²) in [5.41, 5.74) is 3.32. The molecule has 1 amide bonds. The normalized spacial score (nSPS) is 14.0. The lowest BCUT2D eigenvalue weighted by Crippen LogP contribution is -2.35. The number of nitrogens with zero attached hydrogens (tertiary/aromatic N) is 3. The topological polar surface area (TPSA) is 38.1 Å². The van der Waals surface area contributed by atoms with E-state index in [1.54, 1.807) is 12.4 Å². The van der Waals surface area contributed by atoms with Crippen molar-refractivity contribution in [2.75, 3.05) is 0 Å². The summed E-state index contributed by atoms with van der Waals surface area (Å²) < 4.78 is 3.19. The lowest BCUT2D eigenvalue weighted by atomic mass is 10.2. The monoisotopic (exact) mass is 397 g/mol. The van der Waals surface area contributed by atoms with Gasteiger partial charge in [-0.1, -0.05) is 18.2 Å². The van der Waals surface area contributed by atoms with Crippen LogP contribution >= 0.6 is 15.9 Å². The molecule has 1 aliphatic rings. The van der Waals surface area contributed by atoms with Crippen molar-refractivity contribution in [3.05, 3.63) is 64.5 Å². The largest absolute Gasteiger partial charge is 0.334 e. The molecule has 4 rings (SSSR count). The van der Waals surface area contributed by atoms with Crippen molar-refractivity contribution in [2.24, 2.45) is 0 Å². The van der Waals surface area contributed by atoms with Gasteiger partial charge >= 0.3 is 0 Å². The van der Waals surface area contributed by atoms with Crippen LogP contribution in [0.15, 0.2) is 53.3 Å². The Morgan fingerprint density at radius 2 is 1.96 bits per heavy atom. The molecule has 1 aromatic carbocycles. The van der Waals surface area contributed by atoms with Crippen LogP contribution in [0.1, 0.15) is 24.1 Å². The molecule has 0 N–H and O–H groups in total. The molecule has 0 atom stereocenters. The van der Waals surface area contributed by atoms with Crippen molar-refractivity contribution < 1.29 is 4.79 Å². The maximum absolute atomic E-state index is 13.1. The summed E-state index contributed by atoms with van der Waals surface area (Å²) in [6.07, 6.45) is 5.77. The fourth-order valence-electron chi connectivity index (χ4n) is 3.31. The number of halogens is 1. The van der Waals surface area contributed by atoms with Gasteiger partial charge in [-0.15, -0.1) is 0 Å². The van der Waals surface area contributed by atoms with Gasteiger partial charge in [0.2, 0.25) is 5.91 Å². The zero-order valence-corrected chi connectivity index (χ0v) is 15.7. The number of para-hydroxylation sites is 1. The molecule has 1 fully saturated rings. The minimum absolute atomic E-state index is 0.177. The first-order valence-electron chi connectivity index (χ1n) is 8.57. The highest BCUT2D eigenvalue weighted by atomic mass is 79.9. The van der Waals surface area contributed by atoms with Crippen molar-refractivity contribution in [1.29, 1.82) is 0 Å². The molecule has 2 heterocycles. The number of carbonyl (C=O) groups excluding carboxylic acids is 1. The van der Waals surface area contributed by atoms with Crippen LogP contribution in [0.25, 0.3) is 10.9 Å². The van der Waals surface area contributed by atoms with E-state index in [4.69, 9.17) is 0 Å². The van der Waals surface area contributed by atoms with Crippen LogP contribution in [0.4, 0.5) is 0 Å². The number of benzene rings is 1. The molecule has 128 valence electrons. The smallest absolute Gasteiger partial charge is 0.243 e. The van der Waals surface area contributed by atoms with Crippen LogP contribution in [0, 0.1) is 6.92 Å². The lowest BCUT2D eigenvalue weighted by molar-refractivity contribution is -0.133. The lowest BCUT2D eigenvalue weighted by Gasteiger charge is -2.23. The van der Waals surface area contributed by atoms with E-state index in [1.807, 2.05) is 29.2 Å². The Bertz CT molecular complexity index is 915. The maximum atomic E-state index is 13.1. The third kappa shape index (κ3) is 3.21. The minimum Gasteiger partial charge on any atom is -0.334 e. The molecule has 0 bridgehead atoms. The quantitative estimate of drug-likeness (QED) is 0.643. The van der Waals surface area contributed by atoms with Gasteiger partial charge in [0.05, 0.1) is 0 Å². The predicted octanol–water partition coefficient (Wildman–Crippen LogP) is 4.30. The van der Waals surface area contributed by atoms with Gasteiger partial charge in [0.1, 0.15) is 6.54 Å². The number of rotatable bonds is 5. The Kier molecular flexibility index (Phi) is 4.34. The van der Waals surface area contributed by atoms with Crippen LogP contribution in [0.3, 0.4) is 0 Å². The minimum atomic E-state index is 0.177. The molecule has 0 aliphatic heterocycles. The summed E-state index contributed by atoms with van der Waals surface area (Å²) in [4.78, 5) is 19.2. The predicted molar refractivity (Wildman–Crippen MR) is 102 cm³/mol. The van der Waals surface area contributed by atoms with Gasteiger partial charge in [-0.3, -0.25) is 9.78 Å². The summed E-state index contributed by atoms with van der Waals surface area (Å²) in [5.74, 6) is 0.177. The second kappa shape index (κ2) is 6.64.